The van der Waals surface area contributed by atoms with E-state index in [-0.39, 0.29) is 12.5 Å². The minimum Gasteiger partial charge on any atom is -0.493 e. The molecule has 178 valence electrons. The first-order valence-corrected chi connectivity index (χ1v) is 11.2. The molecule has 0 saturated carbocycles. The Morgan fingerprint density at radius 1 is 1.26 bits per heavy atom. The topological polar surface area (TPSA) is 124 Å². The van der Waals surface area contributed by atoms with Gasteiger partial charge in [0.25, 0.3) is 0 Å². The predicted octanol–water partition coefficient (Wildman–Crippen LogP) is 2.96. The molecule has 1 aliphatic heterocycles. The van der Waals surface area contributed by atoms with Crippen LogP contribution in [0.15, 0.2) is 47.7 Å². The van der Waals surface area contributed by atoms with Crippen LogP contribution in [0.4, 0.5) is 11.6 Å². The summed E-state index contributed by atoms with van der Waals surface area (Å²) >= 11 is 0. The van der Waals surface area contributed by atoms with Crippen LogP contribution in [0.1, 0.15) is 37.7 Å². The van der Waals surface area contributed by atoms with Gasteiger partial charge in [-0.25, -0.2) is 9.67 Å². The van der Waals surface area contributed by atoms with Crippen LogP contribution in [0.2, 0.25) is 0 Å². The molecule has 0 radical (unpaired) electrons. The summed E-state index contributed by atoms with van der Waals surface area (Å²) in [7, 11) is 1.58. The number of methoxy groups -OCH3 is 1. The van der Waals surface area contributed by atoms with Crippen molar-refractivity contribution in [3.63, 3.8) is 0 Å². The van der Waals surface area contributed by atoms with Gasteiger partial charge in [-0.3, -0.25) is 9.78 Å². The van der Waals surface area contributed by atoms with E-state index in [1.165, 1.54) is 0 Å². The number of hydrogen-bond donors (Lipinski definition) is 2. The van der Waals surface area contributed by atoms with Gasteiger partial charge in [-0.1, -0.05) is 6.07 Å². The molecule has 1 aromatic carbocycles. The number of aliphatic hydroxyl groups is 1. The third-order valence-corrected chi connectivity index (χ3v) is 5.56. The molecule has 3 heterocycles. The molecule has 0 aliphatic carbocycles. The number of fused-ring (bicyclic) bond motifs is 1. The highest BCUT2D eigenvalue weighted by Crippen LogP contribution is 2.39. The maximum Gasteiger partial charge on any atom is 0.248 e. The van der Waals surface area contributed by atoms with E-state index < -0.39 is 12.0 Å². The van der Waals surface area contributed by atoms with Crippen molar-refractivity contribution in [3.8, 4) is 11.5 Å². The number of carbonyl (C=O) groups excluding carboxylic acids is 1. The van der Waals surface area contributed by atoms with Crippen LogP contribution in [0.5, 0.6) is 11.5 Å². The molecule has 0 fully saturated rings. The summed E-state index contributed by atoms with van der Waals surface area (Å²) in [5.74, 6) is 1.29. The number of amides is 1. The smallest absolute Gasteiger partial charge is 0.248 e. The lowest BCUT2D eigenvalue weighted by atomic mass is 9.87. The van der Waals surface area contributed by atoms with Gasteiger partial charge in [-0.15, -0.1) is 0 Å². The second-order valence-electron chi connectivity index (χ2n) is 7.85. The molecule has 1 aliphatic rings. The van der Waals surface area contributed by atoms with E-state index in [1.54, 1.807) is 36.3 Å². The maximum atomic E-state index is 13.5. The van der Waals surface area contributed by atoms with Crippen LogP contribution >= 0.6 is 0 Å². The van der Waals surface area contributed by atoms with Crippen molar-refractivity contribution in [2.75, 3.05) is 25.6 Å². The molecule has 3 aromatic rings. The van der Waals surface area contributed by atoms with Crippen molar-refractivity contribution < 1.29 is 19.4 Å². The zero-order valence-corrected chi connectivity index (χ0v) is 19.4. The molecular weight excluding hydrogens is 436 g/mol. The summed E-state index contributed by atoms with van der Waals surface area (Å²) in [5, 5.41) is 16.8. The Kier molecular flexibility index (Phi) is 7.17. The number of ether oxygens (including phenoxy) is 2. The van der Waals surface area contributed by atoms with Gasteiger partial charge >= 0.3 is 0 Å². The number of aryl methyl sites for hydroxylation is 1. The highest BCUT2D eigenvalue weighted by molar-refractivity contribution is 6.10. The molecule has 0 bridgehead atoms. The Hall–Kier alpha value is -3.79. The second-order valence-corrected chi connectivity index (χ2v) is 7.85. The maximum absolute atomic E-state index is 13.5. The summed E-state index contributed by atoms with van der Waals surface area (Å²) in [5.41, 5.74) is 2.02. The Morgan fingerprint density at radius 3 is 2.82 bits per heavy atom. The number of benzene rings is 1. The van der Waals surface area contributed by atoms with Gasteiger partial charge in [-0.2, -0.15) is 10.1 Å². The van der Waals surface area contributed by atoms with Crippen molar-refractivity contribution >= 4 is 23.3 Å². The number of nitrogens with zero attached hydrogens (tertiary/aromatic N) is 5. The van der Waals surface area contributed by atoms with Crippen molar-refractivity contribution in [1.29, 1.82) is 0 Å². The van der Waals surface area contributed by atoms with E-state index in [9.17, 15) is 9.90 Å². The first-order chi connectivity index (χ1) is 16.5. The van der Waals surface area contributed by atoms with Crippen LogP contribution < -0.4 is 14.8 Å². The molecule has 10 nitrogen and oxygen atoms in total. The van der Waals surface area contributed by atoms with Gasteiger partial charge in [0.05, 0.1) is 31.6 Å². The quantitative estimate of drug-likeness (QED) is 0.499. The van der Waals surface area contributed by atoms with Crippen molar-refractivity contribution in [2.24, 2.45) is 10.9 Å². The Balaban J connectivity index is 1.78. The van der Waals surface area contributed by atoms with Crippen molar-refractivity contribution in [2.45, 2.75) is 32.7 Å². The zero-order valence-electron chi connectivity index (χ0n) is 19.4. The van der Waals surface area contributed by atoms with E-state index >= 15 is 0 Å². The summed E-state index contributed by atoms with van der Waals surface area (Å²) < 4.78 is 12.9. The minimum absolute atomic E-state index is 0.0435. The largest absolute Gasteiger partial charge is 0.493 e. The van der Waals surface area contributed by atoms with Crippen LogP contribution in [0.3, 0.4) is 0 Å². The second kappa shape index (κ2) is 10.4. The molecule has 2 N–H and O–H groups in total. The lowest BCUT2D eigenvalue weighted by Crippen LogP contribution is -2.39. The van der Waals surface area contributed by atoms with Gasteiger partial charge in [0, 0.05) is 24.9 Å². The average Bonchev–Trinajstić information content (AvgIpc) is 3.25. The van der Waals surface area contributed by atoms with E-state index in [2.05, 4.69) is 25.4 Å². The predicted molar refractivity (Wildman–Crippen MR) is 127 cm³/mol. The van der Waals surface area contributed by atoms with Gasteiger partial charge in [0.2, 0.25) is 11.9 Å². The molecule has 34 heavy (non-hydrogen) atoms. The number of aliphatic hydroxyl groups excluding tert-OH is 1. The monoisotopic (exact) mass is 464 g/mol. The van der Waals surface area contributed by atoms with Gasteiger partial charge in [-0.05, 0) is 50.1 Å². The summed E-state index contributed by atoms with van der Waals surface area (Å²) in [6.07, 6.45) is 4.29. The standard InChI is InChI=1S/C24H28N6O4/c1-4-34-18-10-9-16(13-19(18)33-3)22-21(23(32)27-17-7-5-11-25-14-17)15(2)26-24-28-20(8-6-12-31)29-30(22)24/h5,7,9-11,13-14,21-22,31H,4,6,8,12H2,1-3H3,(H,27,32). The molecule has 4 rings (SSSR count). The highest BCUT2D eigenvalue weighted by atomic mass is 16.5. The van der Waals surface area contributed by atoms with Gasteiger partial charge in [0.15, 0.2) is 17.3 Å². The first-order valence-electron chi connectivity index (χ1n) is 11.2. The fraction of sp³-hybridized carbons (Fsp3) is 0.375. The van der Waals surface area contributed by atoms with Gasteiger partial charge in [0.1, 0.15) is 5.92 Å². The summed E-state index contributed by atoms with van der Waals surface area (Å²) in [4.78, 5) is 26.7. The molecular formula is C24H28N6O4. The number of carbonyl (C=O) groups is 1. The third kappa shape index (κ3) is 4.76. The third-order valence-electron chi connectivity index (χ3n) is 5.56. The molecule has 0 saturated heterocycles. The van der Waals surface area contributed by atoms with Crippen LogP contribution in [-0.2, 0) is 11.2 Å². The fourth-order valence-corrected chi connectivity index (χ4v) is 4.03. The highest BCUT2D eigenvalue weighted by Gasteiger charge is 2.39. The summed E-state index contributed by atoms with van der Waals surface area (Å²) in [6.45, 7) is 4.27. The molecule has 2 atom stereocenters. The van der Waals surface area contributed by atoms with E-state index in [0.717, 1.165) is 5.56 Å². The lowest BCUT2D eigenvalue weighted by molar-refractivity contribution is -0.118. The Labute approximate surface area is 197 Å². The van der Waals surface area contributed by atoms with E-state index in [1.807, 2.05) is 32.0 Å². The minimum atomic E-state index is -0.650. The SMILES string of the molecule is CCOc1ccc(C2C(C(=O)Nc3cccnc3)C(C)=Nc3nc(CCCO)nn32)cc1OC. The fourth-order valence-electron chi connectivity index (χ4n) is 4.03. The zero-order chi connectivity index (χ0) is 24.1. The normalized spacial score (nSPS) is 17.0. The van der Waals surface area contributed by atoms with Crippen LogP contribution in [-0.4, -0.2) is 56.8 Å². The van der Waals surface area contributed by atoms with Crippen LogP contribution in [0.25, 0.3) is 0 Å². The number of aliphatic imine (C=N–C) groups is 1. The molecule has 1 amide bonds. The molecule has 0 spiro atoms. The number of anilines is 1. The summed E-state index contributed by atoms with van der Waals surface area (Å²) in [6, 6.07) is 8.62. The Bertz CT molecular complexity index is 1180. The number of nitrogens with one attached hydrogen (secondary N) is 1. The number of pyridine rings is 1. The van der Waals surface area contributed by atoms with Gasteiger partial charge < -0.3 is 19.9 Å². The van der Waals surface area contributed by atoms with Crippen LogP contribution in [0, 0.1) is 5.92 Å². The molecule has 2 unspecified atom stereocenters. The molecule has 2 aromatic heterocycles. The first kappa shape index (κ1) is 23.4. The Morgan fingerprint density at radius 2 is 2.12 bits per heavy atom. The van der Waals surface area contributed by atoms with Crippen molar-refractivity contribution in [1.82, 2.24) is 19.7 Å². The molecule has 10 heteroatoms. The lowest BCUT2D eigenvalue weighted by Gasteiger charge is -2.30. The van der Waals surface area contributed by atoms with Crippen molar-refractivity contribution in [3.05, 3.63) is 54.1 Å². The number of rotatable bonds is 9. The number of aromatic nitrogens is 4. The average molecular weight is 465 g/mol. The van der Waals surface area contributed by atoms with E-state index in [4.69, 9.17) is 9.47 Å². The number of hydrogen-bond acceptors (Lipinski definition) is 8. The van der Waals surface area contributed by atoms with E-state index in [0.29, 0.717) is 54.1 Å².